The van der Waals surface area contributed by atoms with Crippen LogP contribution in [0, 0.1) is 0 Å². The summed E-state index contributed by atoms with van der Waals surface area (Å²) >= 11 is 0. The molecule has 0 spiro atoms. The normalized spacial score (nSPS) is 11.0. The zero-order chi connectivity index (χ0) is 11.3. The molecule has 0 fully saturated rings. The van der Waals surface area contributed by atoms with Gasteiger partial charge in [-0.05, 0) is 24.3 Å². The van der Waals surface area contributed by atoms with E-state index >= 15 is 0 Å². The molecular formula is C11H14N2O2. The zero-order valence-corrected chi connectivity index (χ0v) is 9.10. The molecule has 4 heteroatoms. The summed E-state index contributed by atoms with van der Waals surface area (Å²) in [4.78, 5) is 10.8. The molecule has 80 valence electrons. The summed E-state index contributed by atoms with van der Waals surface area (Å²) < 4.78 is 5.03. The smallest absolute Gasteiger partial charge is 0.170 e. The number of hydrazone groups is 1. The lowest BCUT2D eigenvalue weighted by Crippen LogP contribution is -2.11. The Kier molecular flexibility index (Phi) is 3.85. The van der Waals surface area contributed by atoms with E-state index in [-0.39, 0.29) is 0 Å². The number of benzene rings is 1. The third-order valence-corrected chi connectivity index (χ3v) is 1.81. The van der Waals surface area contributed by atoms with E-state index < -0.39 is 0 Å². The van der Waals surface area contributed by atoms with Gasteiger partial charge in [-0.3, -0.25) is 4.79 Å². The summed E-state index contributed by atoms with van der Waals surface area (Å²) in [5.41, 5.74) is 1.18. The fourth-order valence-electron chi connectivity index (χ4n) is 1.13. The van der Waals surface area contributed by atoms with Crippen LogP contribution >= 0.6 is 0 Å². The number of aldehydes is 1. The second-order valence-electron chi connectivity index (χ2n) is 3.18. The topological polar surface area (TPSA) is 41.9 Å². The molecule has 15 heavy (non-hydrogen) atoms. The lowest BCUT2D eigenvalue weighted by atomic mass is 10.1. The molecule has 1 aromatic rings. The van der Waals surface area contributed by atoms with Crippen molar-refractivity contribution in [2.24, 2.45) is 5.10 Å². The first-order chi connectivity index (χ1) is 7.17. The molecule has 0 N–H and O–H groups in total. The molecule has 0 atom stereocenters. The average molecular weight is 206 g/mol. The molecule has 0 aliphatic carbocycles. The largest absolute Gasteiger partial charge is 0.497 e. The molecule has 0 radical (unpaired) electrons. The Morgan fingerprint density at radius 2 is 1.93 bits per heavy atom. The highest BCUT2D eigenvalue weighted by Gasteiger charge is 2.02. The minimum atomic E-state index is 0.405. The van der Waals surface area contributed by atoms with Crippen molar-refractivity contribution in [1.29, 1.82) is 0 Å². The van der Waals surface area contributed by atoms with Crippen LogP contribution in [0.4, 0.5) is 0 Å². The van der Waals surface area contributed by atoms with Gasteiger partial charge in [-0.25, -0.2) is 0 Å². The van der Waals surface area contributed by atoms with Gasteiger partial charge in [-0.15, -0.1) is 0 Å². The van der Waals surface area contributed by atoms with Crippen molar-refractivity contribution < 1.29 is 9.53 Å². The lowest BCUT2D eigenvalue weighted by molar-refractivity contribution is -0.102. The van der Waals surface area contributed by atoms with Crippen LogP contribution in [0.3, 0.4) is 0 Å². The first-order valence-electron chi connectivity index (χ1n) is 4.53. The Labute approximate surface area is 89.2 Å². The van der Waals surface area contributed by atoms with Gasteiger partial charge in [0.15, 0.2) is 6.29 Å². The Morgan fingerprint density at radius 1 is 1.33 bits per heavy atom. The van der Waals surface area contributed by atoms with Crippen LogP contribution < -0.4 is 4.74 Å². The molecule has 4 nitrogen and oxygen atoms in total. The molecule has 0 saturated carbocycles. The van der Waals surface area contributed by atoms with Crippen molar-refractivity contribution in [3.63, 3.8) is 0 Å². The Bertz CT molecular complexity index is 355. The fourth-order valence-corrected chi connectivity index (χ4v) is 1.13. The predicted octanol–water partition coefficient (Wildman–Crippen LogP) is 1.16. The van der Waals surface area contributed by atoms with Gasteiger partial charge in [0.1, 0.15) is 11.5 Å². The van der Waals surface area contributed by atoms with Gasteiger partial charge in [-0.1, -0.05) is 0 Å². The highest BCUT2D eigenvalue weighted by molar-refractivity contribution is 6.36. The molecule has 0 aliphatic rings. The molecular weight excluding hydrogens is 192 g/mol. The highest BCUT2D eigenvalue weighted by atomic mass is 16.5. The molecule has 1 rings (SSSR count). The maximum atomic E-state index is 10.8. The van der Waals surface area contributed by atoms with E-state index in [2.05, 4.69) is 5.10 Å². The van der Waals surface area contributed by atoms with Gasteiger partial charge in [0.25, 0.3) is 0 Å². The Balaban J connectivity index is 2.98. The van der Waals surface area contributed by atoms with Gasteiger partial charge in [0, 0.05) is 19.7 Å². The quantitative estimate of drug-likeness (QED) is 0.422. The maximum Gasteiger partial charge on any atom is 0.170 e. The minimum absolute atomic E-state index is 0.405. The van der Waals surface area contributed by atoms with Crippen molar-refractivity contribution in [1.82, 2.24) is 5.01 Å². The van der Waals surface area contributed by atoms with Gasteiger partial charge in [-0.2, -0.15) is 5.10 Å². The summed E-state index contributed by atoms with van der Waals surface area (Å²) in [6.07, 6.45) is 0.738. The molecule has 0 unspecified atom stereocenters. The lowest BCUT2D eigenvalue weighted by Gasteiger charge is -2.07. The minimum Gasteiger partial charge on any atom is -0.497 e. The summed E-state index contributed by atoms with van der Waals surface area (Å²) in [5.74, 6) is 0.758. The Hall–Kier alpha value is -1.84. The van der Waals surface area contributed by atoms with Crippen molar-refractivity contribution in [3.05, 3.63) is 29.8 Å². The first kappa shape index (κ1) is 11.2. The number of carbonyl (C=O) groups excluding carboxylic acids is 1. The summed E-state index contributed by atoms with van der Waals surface area (Å²) in [5, 5.41) is 5.65. The van der Waals surface area contributed by atoms with E-state index in [1.54, 1.807) is 50.5 Å². The van der Waals surface area contributed by atoms with Crippen molar-refractivity contribution >= 4 is 12.0 Å². The molecule has 0 saturated heterocycles. The monoisotopic (exact) mass is 206 g/mol. The molecule has 0 aromatic heterocycles. The SMILES string of the molecule is COc1ccc(/C(C=O)=N/N(C)C)cc1. The molecule has 0 amide bonds. The third-order valence-electron chi connectivity index (χ3n) is 1.81. The maximum absolute atomic E-state index is 10.8. The number of nitrogens with zero attached hydrogens (tertiary/aromatic N) is 2. The summed E-state index contributed by atoms with van der Waals surface area (Å²) in [7, 11) is 5.14. The third kappa shape index (κ3) is 3.09. The van der Waals surface area contributed by atoms with Gasteiger partial charge in [0.05, 0.1) is 7.11 Å². The molecule has 0 aliphatic heterocycles. The van der Waals surface area contributed by atoms with Crippen molar-refractivity contribution in [2.45, 2.75) is 0 Å². The van der Waals surface area contributed by atoms with Gasteiger partial charge < -0.3 is 9.75 Å². The van der Waals surface area contributed by atoms with Crippen molar-refractivity contribution in [3.8, 4) is 5.75 Å². The summed E-state index contributed by atoms with van der Waals surface area (Å²) in [6.45, 7) is 0. The molecule has 0 heterocycles. The van der Waals surface area contributed by atoms with E-state index in [1.165, 1.54) is 0 Å². The fraction of sp³-hybridized carbons (Fsp3) is 0.273. The Morgan fingerprint density at radius 3 is 2.33 bits per heavy atom. The van der Waals surface area contributed by atoms with E-state index in [1.807, 2.05) is 0 Å². The number of hydrogen-bond donors (Lipinski definition) is 0. The molecule has 1 aromatic carbocycles. The average Bonchev–Trinajstić information content (AvgIpc) is 2.26. The predicted molar refractivity (Wildman–Crippen MR) is 59.3 cm³/mol. The number of methoxy groups -OCH3 is 1. The van der Waals surface area contributed by atoms with E-state index in [9.17, 15) is 4.79 Å². The second-order valence-corrected chi connectivity index (χ2v) is 3.18. The first-order valence-corrected chi connectivity index (χ1v) is 4.53. The molecule has 0 bridgehead atoms. The number of hydrogen-bond acceptors (Lipinski definition) is 4. The van der Waals surface area contributed by atoms with E-state index in [0.717, 1.165) is 17.6 Å². The zero-order valence-electron chi connectivity index (χ0n) is 9.10. The van der Waals surface area contributed by atoms with E-state index in [4.69, 9.17) is 4.74 Å². The van der Waals surface area contributed by atoms with Crippen LogP contribution in [-0.4, -0.2) is 38.2 Å². The number of rotatable bonds is 4. The van der Waals surface area contributed by atoms with Gasteiger partial charge >= 0.3 is 0 Å². The van der Waals surface area contributed by atoms with Crippen molar-refractivity contribution in [2.75, 3.05) is 21.2 Å². The van der Waals surface area contributed by atoms with Crippen LogP contribution in [-0.2, 0) is 4.79 Å². The second kappa shape index (κ2) is 5.14. The standard InChI is InChI=1S/C11H14N2O2/c1-13(2)12-11(8-14)9-4-6-10(15-3)7-5-9/h4-8H,1-3H3/b12-11+. The van der Waals surface area contributed by atoms with Gasteiger partial charge in [0.2, 0.25) is 0 Å². The highest BCUT2D eigenvalue weighted by Crippen LogP contribution is 2.11. The van der Waals surface area contributed by atoms with Crippen LogP contribution in [0.5, 0.6) is 5.75 Å². The summed E-state index contributed by atoms with van der Waals surface area (Å²) in [6, 6.07) is 7.19. The van der Waals surface area contributed by atoms with Crippen LogP contribution in [0.1, 0.15) is 5.56 Å². The van der Waals surface area contributed by atoms with E-state index in [0.29, 0.717) is 5.71 Å². The van der Waals surface area contributed by atoms with Crippen LogP contribution in [0.2, 0.25) is 0 Å². The van der Waals surface area contributed by atoms with Crippen LogP contribution in [0.25, 0.3) is 0 Å². The number of ether oxygens (including phenoxy) is 1. The number of carbonyl (C=O) groups is 1. The van der Waals surface area contributed by atoms with Crippen LogP contribution in [0.15, 0.2) is 29.4 Å².